The molecule has 0 aliphatic rings. The van der Waals surface area contributed by atoms with Crippen LogP contribution in [0.3, 0.4) is 0 Å². The molecule has 0 aliphatic heterocycles. The van der Waals surface area contributed by atoms with Crippen molar-refractivity contribution in [1.29, 1.82) is 0 Å². The first kappa shape index (κ1) is 11.7. The van der Waals surface area contributed by atoms with Gasteiger partial charge < -0.3 is 10.1 Å². The van der Waals surface area contributed by atoms with E-state index in [0.29, 0.717) is 0 Å². The minimum atomic E-state index is 0.926. The maximum atomic E-state index is 5.21. The Morgan fingerprint density at radius 3 is 2.35 bits per heavy atom. The van der Waals surface area contributed by atoms with Gasteiger partial charge >= 0.3 is 0 Å². The molecule has 17 heavy (non-hydrogen) atoms. The predicted molar refractivity (Wildman–Crippen MR) is 68.8 cm³/mol. The summed E-state index contributed by atoms with van der Waals surface area (Å²) in [5.74, 6) is 0.926. The van der Waals surface area contributed by atoms with Crippen LogP contribution in [0.1, 0.15) is 11.1 Å². The van der Waals surface area contributed by atoms with Crippen LogP contribution < -0.4 is 10.1 Å². The van der Waals surface area contributed by atoms with Crippen molar-refractivity contribution >= 4 is 0 Å². The van der Waals surface area contributed by atoms with Crippen molar-refractivity contribution < 1.29 is 10.1 Å². The first-order valence-electron chi connectivity index (χ1n) is 5.87. The van der Waals surface area contributed by atoms with Crippen molar-refractivity contribution in [3.05, 3.63) is 65.7 Å². The molecule has 2 aromatic rings. The number of hydrogen-bond donors (Lipinski definition) is 1. The van der Waals surface area contributed by atoms with Gasteiger partial charge in [0.2, 0.25) is 0 Å². The second-order valence-electron chi connectivity index (χ2n) is 4.03. The van der Waals surface area contributed by atoms with Gasteiger partial charge in [0.15, 0.2) is 0 Å². The van der Waals surface area contributed by atoms with E-state index in [9.17, 15) is 0 Å². The fourth-order valence-electron chi connectivity index (χ4n) is 1.82. The average Bonchev–Trinajstić information content (AvgIpc) is 2.40. The lowest BCUT2D eigenvalue weighted by molar-refractivity contribution is -0.686. The molecule has 0 fully saturated rings. The van der Waals surface area contributed by atoms with E-state index in [0.717, 1.165) is 18.8 Å². The summed E-state index contributed by atoms with van der Waals surface area (Å²) in [6.07, 6.45) is 0. The summed E-state index contributed by atoms with van der Waals surface area (Å²) in [6, 6.07) is 18.7. The van der Waals surface area contributed by atoms with Gasteiger partial charge in [-0.25, -0.2) is 0 Å². The third kappa shape index (κ3) is 3.61. The normalized spacial score (nSPS) is 10.2. The number of methoxy groups -OCH3 is 1. The lowest BCUT2D eigenvalue weighted by Gasteiger charge is -2.04. The van der Waals surface area contributed by atoms with Crippen LogP contribution in [0.5, 0.6) is 5.75 Å². The Morgan fingerprint density at radius 1 is 0.882 bits per heavy atom. The molecule has 0 saturated heterocycles. The Labute approximate surface area is 102 Å². The van der Waals surface area contributed by atoms with Gasteiger partial charge in [-0.05, 0) is 12.1 Å². The second kappa shape index (κ2) is 6.06. The van der Waals surface area contributed by atoms with Gasteiger partial charge in [-0.15, -0.1) is 0 Å². The number of benzene rings is 2. The minimum Gasteiger partial charge on any atom is -0.497 e. The zero-order chi connectivity index (χ0) is 11.9. The highest BCUT2D eigenvalue weighted by Gasteiger charge is 1.98. The van der Waals surface area contributed by atoms with Crippen molar-refractivity contribution in [1.82, 2.24) is 0 Å². The van der Waals surface area contributed by atoms with E-state index in [-0.39, 0.29) is 0 Å². The SMILES string of the molecule is COc1cccc(C[NH2+]Cc2ccccc2)c1. The summed E-state index contributed by atoms with van der Waals surface area (Å²) < 4.78 is 5.21. The van der Waals surface area contributed by atoms with E-state index in [1.54, 1.807) is 7.11 Å². The highest BCUT2D eigenvalue weighted by atomic mass is 16.5. The van der Waals surface area contributed by atoms with Crippen molar-refractivity contribution in [2.75, 3.05) is 7.11 Å². The molecule has 88 valence electrons. The molecule has 0 heterocycles. The molecule has 0 bridgehead atoms. The Balaban J connectivity index is 1.86. The number of quaternary nitrogens is 1. The Bertz CT molecular complexity index is 453. The monoisotopic (exact) mass is 228 g/mol. The van der Waals surface area contributed by atoms with Crippen LogP contribution in [0.25, 0.3) is 0 Å². The zero-order valence-electron chi connectivity index (χ0n) is 10.1. The van der Waals surface area contributed by atoms with E-state index in [2.05, 4.69) is 41.7 Å². The van der Waals surface area contributed by atoms with E-state index < -0.39 is 0 Å². The molecule has 0 unspecified atom stereocenters. The third-order valence-electron chi connectivity index (χ3n) is 2.74. The topological polar surface area (TPSA) is 25.8 Å². The van der Waals surface area contributed by atoms with Crippen molar-refractivity contribution in [3.63, 3.8) is 0 Å². The van der Waals surface area contributed by atoms with Crippen molar-refractivity contribution in [2.24, 2.45) is 0 Å². The molecule has 2 rings (SSSR count). The van der Waals surface area contributed by atoms with Crippen molar-refractivity contribution in [2.45, 2.75) is 13.1 Å². The smallest absolute Gasteiger partial charge is 0.119 e. The minimum absolute atomic E-state index is 0.926. The van der Waals surface area contributed by atoms with Crippen LogP contribution in [0, 0.1) is 0 Å². The molecule has 0 aliphatic carbocycles. The molecule has 0 spiro atoms. The Morgan fingerprint density at radius 2 is 1.59 bits per heavy atom. The average molecular weight is 228 g/mol. The molecule has 2 N–H and O–H groups in total. The summed E-state index contributed by atoms with van der Waals surface area (Å²) in [7, 11) is 1.70. The van der Waals surface area contributed by atoms with Crippen LogP contribution in [0.15, 0.2) is 54.6 Å². The van der Waals surface area contributed by atoms with E-state index >= 15 is 0 Å². The van der Waals surface area contributed by atoms with E-state index in [4.69, 9.17) is 4.74 Å². The van der Waals surface area contributed by atoms with Gasteiger partial charge in [-0.2, -0.15) is 0 Å². The van der Waals surface area contributed by atoms with Crippen LogP contribution >= 0.6 is 0 Å². The summed E-state index contributed by atoms with van der Waals surface area (Å²) in [4.78, 5) is 0. The van der Waals surface area contributed by atoms with E-state index in [1.807, 2.05) is 18.2 Å². The lowest BCUT2D eigenvalue weighted by Crippen LogP contribution is -2.80. The fourth-order valence-corrected chi connectivity index (χ4v) is 1.82. The van der Waals surface area contributed by atoms with Crippen LogP contribution in [0.2, 0.25) is 0 Å². The second-order valence-corrected chi connectivity index (χ2v) is 4.03. The zero-order valence-corrected chi connectivity index (χ0v) is 10.1. The van der Waals surface area contributed by atoms with Gasteiger partial charge in [0, 0.05) is 11.1 Å². The molecule has 0 amide bonds. The molecule has 0 radical (unpaired) electrons. The largest absolute Gasteiger partial charge is 0.497 e. The summed E-state index contributed by atoms with van der Waals surface area (Å²) in [5, 5.41) is 2.30. The van der Waals surface area contributed by atoms with E-state index in [1.165, 1.54) is 11.1 Å². The molecule has 2 aromatic carbocycles. The molecular formula is C15H18NO+. The van der Waals surface area contributed by atoms with Crippen molar-refractivity contribution in [3.8, 4) is 5.75 Å². The first-order chi connectivity index (χ1) is 8.38. The number of nitrogens with two attached hydrogens (primary N) is 1. The molecule has 0 aromatic heterocycles. The Hall–Kier alpha value is -1.80. The van der Waals surface area contributed by atoms with Gasteiger partial charge in [0.1, 0.15) is 18.8 Å². The summed E-state index contributed by atoms with van der Waals surface area (Å²) in [5.41, 5.74) is 2.65. The maximum Gasteiger partial charge on any atom is 0.119 e. The molecule has 2 heteroatoms. The lowest BCUT2D eigenvalue weighted by atomic mass is 10.2. The Kier molecular flexibility index (Phi) is 4.17. The summed E-state index contributed by atoms with van der Waals surface area (Å²) in [6.45, 7) is 1.99. The maximum absolute atomic E-state index is 5.21. The molecule has 2 nitrogen and oxygen atoms in total. The fraction of sp³-hybridized carbons (Fsp3) is 0.200. The van der Waals surface area contributed by atoms with Crippen LogP contribution in [-0.4, -0.2) is 7.11 Å². The first-order valence-corrected chi connectivity index (χ1v) is 5.87. The third-order valence-corrected chi connectivity index (χ3v) is 2.74. The molecule has 0 saturated carbocycles. The van der Waals surface area contributed by atoms with Crippen LogP contribution in [-0.2, 0) is 13.1 Å². The van der Waals surface area contributed by atoms with Gasteiger partial charge in [-0.1, -0.05) is 42.5 Å². The van der Waals surface area contributed by atoms with Gasteiger partial charge in [-0.3, -0.25) is 0 Å². The standard InChI is InChI=1S/C15H17NO/c1-17-15-9-5-8-14(10-15)12-16-11-13-6-3-2-4-7-13/h2-10,16H,11-12H2,1H3/p+1. The number of hydrogen-bond acceptors (Lipinski definition) is 1. The van der Waals surface area contributed by atoms with Gasteiger partial charge in [0.25, 0.3) is 0 Å². The highest BCUT2D eigenvalue weighted by Crippen LogP contribution is 2.11. The highest BCUT2D eigenvalue weighted by molar-refractivity contribution is 5.27. The number of rotatable bonds is 5. The predicted octanol–water partition coefficient (Wildman–Crippen LogP) is 1.96. The van der Waals surface area contributed by atoms with Gasteiger partial charge in [0.05, 0.1) is 7.11 Å². The molecule has 0 atom stereocenters. The quantitative estimate of drug-likeness (QED) is 0.831. The molecular weight excluding hydrogens is 210 g/mol. The summed E-state index contributed by atoms with van der Waals surface area (Å²) >= 11 is 0. The number of ether oxygens (including phenoxy) is 1. The van der Waals surface area contributed by atoms with Crippen LogP contribution in [0.4, 0.5) is 0 Å².